The molecule has 2 N–H and O–H groups in total. The Morgan fingerprint density at radius 3 is 2.24 bits per heavy atom. The summed E-state index contributed by atoms with van der Waals surface area (Å²) in [6.07, 6.45) is -0.696. The molecule has 0 aliphatic heterocycles. The molecule has 2 amide bonds. The molecular weight excluding hydrogens is 428 g/mol. The molecule has 0 bridgehead atoms. The van der Waals surface area contributed by atoms with Crippen LogP contribution in [0.4, 0.5) is 10.6 Å². The summed E-state index contributed by atoms with van der Waals surface area (Å²) in [5.41, 5.74) is 0.217. The van der Waals surface area contributed by atoms with Crippen molar-refractivity contribution >= 4 is 23.8 Å². The van der Waals surface area contributed by atoms with E-state index < -0.39 is 29.6 Å². The standard InChI is InChI=1S/C23H32N4O6/c1-14(2)19(25-22(30)33-23(3,4)5)20(28)24-18-12-17(21(29)32-7)26-27(18)13-15-8-10-16(31-6)11-9-15/h8-12,14,19H,13H2,1-7H3,(H,24,28)(H,25,30)/t19-/m0/s1. The molecule has 0 radical (unpaired) electrons. The maximum absolute atomic E-state index is 13.0. The first kappa shape index (κ1) is 25.7. The molecule has 1 atom stereocenters. The lowest BCUT2D eigenvalue weighted by molar-refractivity contribution is -0.119. The first-order valence-corrected chi connectivity index (χ1v) is 10.5. The molecule has 0 unspecified atom stereocenters. The summed E-state index contributed by atoms with van der Waals surface area (Å²) in [5, 5.41) is 9.64. The molecule has 0 spiro atoms. The van der Waals surface area contributed by atoms with Crippen molar-refractivity contribution in [3.05, 3.63) is 41.6 Å². The van der Waals surface area contributed by atoms with Crippen molar-refractivity contribution < 1.29 is 28.6 Å². The van der Waals surface area contributed by atoms with Crippen LogP contribution in [0.5, 0.6) is 5.75 Å². The number of alkyl carbamates (subject to hydrolysis) is 1. The number of nitrogens with one attached hydrogen (secondary N) is 2. The van der Waals surface area contributed by atoms with Gasteiger partial charge in [0, 0.05) is 6.07 Å². The van der Waals surface area contributed by atoms with Gasteiger partial charge in [-0.15, -0.1) is 0 Å². The van der Waals surface area contributed by atoms with Gasteiger partial charge in [-0.1, -0.05) is 26.0 Å². The number of ether oxygens (including phenoxy) is 3. The maximum Gasteiger partial charge on any atom is 0.408 e. The summed E-state index contributed by atoms with van der Waals surface area (Å²) in [6.45, 7) is 9.10. The van der Waals surface area contributed by atoms with E-state index in [1.165, 1.54) is 17.9 Å². The van der Waals surface area contributed by atoms with E-state index in [0.717, 1.165) is 5.56 Å². The molecule has 180 valence electrons. The highest BCUT2D eigenvalue weighted by Crippen LogP contribution is 2.18. The van der Waals surface area contributed by atoms with E-state index in [1.807, 2.05) is 12.1 Å². The molecule has 0 aliphatic carbocycles. The van der Waals surface area contributed by atoms with Crippen LogP contribution in [0.1, 0.15) is 50.7 Å². The number of nitrogens with zero attached hydrogens (tertiary/aromatic N) is 2. The van der Waals surface area contributed by atoms with E-state index in [9.17, 15) is 14.4 Å². The molecule has 2 aromatic rings. The minimum atomic E-state index is -0.870. The normalized spacial score (nSPS) is 12.1. The van der Waals surface area contributed by atoms with Gasteiger partial charge in [-0.05, 0) is 44.4 Å². The van der Waals surface area contributed by atoms with Crippen molar-refractivity contribution in [2.45, 2.75) is 52.8 Å². The van der Waals surface area contributed by atoms with Gasteiger partial charge in [0.2, 0.25) is 5.91 Å². The van der Waals surface area contributed by atoms with E-state index >= 15 is 0 Å². The lowest BCUT2D eigenvalue weighted by Crippen LogP contribution is -2.48. The van der Waals surface area contributed by atoms with Gasteiger partial charge in [0.25, 0.3) is 0 Å². The zero-order chi connectivity index (χ0) is 24.8. The van der Waals surface area contributed by atoms with Gasteiger partial charge in [-0.25, -0.2) is 14.3 Å². The van der Waals surface area contributed by atoms with E-state index in [-0.39, 0.29) is 24.0 Å². The maximum atomic E-state index is 13.0. The second kappa shape index (κ2) is 10.8. The van der Waals surface area contributed by atoms with E-state index in [4.69, 9.17) is 14.2 Å². The largest absolute Gasteiger partial charge is 0.497 e. The molecule has 2 rings (SSSR count). The van der Waals surface area contributed by atoms with Gasteiger partial charge in [-0.3, -0.25) is 4.79 Å². The van der Waals surface area contributed by atoms with Crippen LogP contribution < -0.4 is 15.4 Å². The summed E-state index contributed by atoms with van der Waals surface area (Å²) < 4.78 is 16.7. The van der Waals surface area contributed by atoms with Gasteiger partial charge in [0.05, 0.1) is 20.8 Å². The molecule has 0 aliphatic rings. The Balaban J connectivity index is 2.26. The third-order valence-electron chi connectivity index (χ3n) is 4.54. The van der Waals surface area contributed by atoms with Crippen LogP contribution in [0.3, 0.4) is 0 Å². The first-order valence-electron chi connectivity index (χ1n) is 10.5. The number of carbonyl (C=O) groups excluding carboxylic acids is 3. The summed E-state index contributed by atoms with van der Waals surface area (Å²) in [6, 6.07) is 7.87. The van der Waals surface area contributed by atoms with Crippen molar-refractivity contribution in [2.24, 2.45) is 5.92 Å². The second-order valence-electron chi connectivity index (χ2n) is 8.77. The predicted molar refractivity (Wildman–Crippen MR) is 122 cm³/mol. The Bertz CT molecular complexity index is 976. The Hall–Kier alpha value is -3.56. The SMILES string of the molecule is COC(=O)c1cc(NC(=O)[C@@H](NC(=O)OC(C)(C)C)C(C)C)n(Cc2ccc(OC)cc2)n1. The molecule has 33 heavy (non-hydrogen) atoms. The van der Waals surface area contributed by atoms with Crippen molar-refractivity contribution in [2.75, 3.05) is 19.5 Å². The van der Waals surface area contributed by atoms with E-state index in [1.54, 1.807) is 53.9 Å². The van der Waals surface area contributed by atoms with Gasteiger partial charge < -0.3 is 24.8 Å². The zero-order valence-corrected chi connectivity index (χ0v) is 20.1. The van der Waals surface area contributed by atoms with Gasteiger partial charge in [0.15, 0.2) is 5.69 Å². The van der Waals surface area contributed by atoms with Crippen LogP contribution >= 0.6 is 0 Å². The number of esters is 1. The van der Waals surface area contributed by atoms with Crippen molar-refractivity contribution in [1.82, 2.24) is 15.1 Å². The van der Waals surface area contributed by atoms with E-state index in [2.05, 4.69) is 15.7 Å². The quantitative estimate of drug-likeness (QED) is 0.580. The van der Waals surface area contributed by atoms with Gasteiger partial charge >= 0.3 is 12.1 Å². The lowest BCUT2D eigenvalue weighted by atomic mass is 10.0. The summed E-state index contributed by atoms with van der Waals surface area (Å²) in [4.78, 5) is 37.3. The van der Waals surface area contributed by atoms with Crippen LogP contribution in [-0.4, -0.2) is 53.6 Å². The van der Waals surface area contributed by atoms with Crippen LogP contribution in [0.25, 0.3) is 0 Å². The summed E-state index contributed by atoms with van der Waals surface area (Å²) in [5.74, 6) is -0.339. The van der Waals surface area contributed by atoms with E-state index in [0.29, 0.717) is 5.75 Å². The van der Waals surface area contributed by atoms with Crippen LogP contribution in [0.15, 0.2) is 30.3 Å². The highest BCUT2D eigenvalue weighted by atomic mass is 16.6. The molecule has 10 nitrogen and oxygen atoms in total. The third-order valence-corrected chi connectivity index (χ3v) is 4.54. The highest BCUT2D eigenvalue weighted by Gasteiger charge is 2.28. The fourth-order valence-corrected chi connectivity index (χ4v) is 2.92. The van der Waals surface area contributed by atoms with Crippen LogP contribution in [0.2, 0.25) is 0 Å². The Morgan fingerprint density at radius 1 is 1.09 bits per heavy atom. The molecule has 1 aromatic heterocycles. The predicted octanol–water partition coefficient (Wildman–Crippen LogP) is 3.21. The molecule has 0 saturated carbocycles. The number of benzene rings is 1. The Labute approximate surface area is 193 Å². The van der Waals surface area contributed by atoms with Gasteiger partial charge in [-0.2, -0.15) is 5.10 Å². The van der Waals surface area contributed by atoms with Crippen LogP contribution in [0, 0.1) is 5.92 Å². The molecule has 1 aromatic carbocycles. The average molecular weight is 461 g/mol. The number of hydrogen-bond acceptors (Lipinski definition) is 7. The third kappa shape index (κ3) is 7.51. The minimum Gasteiger partial charge on any atom is -0.497 e. The van der Waals surface area contributed by atoms with Crippen molar-refractivity contribution in [3.8, 4) is 5.75 Å². The van der Waals surface area contributed by atoms with Gasteiger partial charge in [0.1, 0.15) is 23.2 Å². The Morgan fingerprint density at radius 2 is 1.73 bits per heavy atom. The fraction of sp³-hybridized carbons (Fsp3) is 0.478. The topological polar surface area (TPSA) is 121 Å². The summed E-state index contributed by atoms with van der Waals surface area (Å²) >= 11 is 0. The number of aromatic nitrogens is 2. The smallest absolute Gasteiger partial charge is 0.408 e. The van der Waals surface area contributed by atoms with Crippen molar-refractivity contribution in [3.63, 3.8) is 0 Å². The average Bonchev–Trinajstić information content (AvgIpc) is 3.12. The number of rotatable bonds is 8. The number of anilines is 1. The molecule has 10 heteroatoms. The molecule has 0 fully saturated rings. The first-order chi connectivity index (χ1) is 15.4. The molecular formula is C23H32N4O6. The zero-order valence-electron chi connectivity index (χ0n) is 20.1. The number of carbonyl (C=O) groups is 3. The number of amides is 2. The fourth-order valence-electron chi connectivity index (χ4n) is 2.92. The minimum absolute atomic E-state index is 0.0440. The molecule has 0 saturated heterocycles. The lowest BCUT2D eigenvalue weighted by Gasteiger charge is -2.25. The highest BCUT2D eigenvalue weighted by molar-refractivity contribution is 5.97. The Kier molecular flexibility index (Phi) is 8.44. The number of methoxy groups -OCH3 is 2. The molecule has 1 heterocycles. The number of hydrogen-bond donors (Lipinski definition) is 2. The second-order valence-corrected chi connectivity index (χ2v) is 8.77. The summed E-state index contributed by atoms with van der Waals surface area (Å²) in [7, 11) is 2.83. The monoisotopic (exact) mass is 460 g/mol. The van der Waals surface area contributed by atoms with Crippen molar-refractivity contribution in [1.29, 1.82) is 0 Å². The van der Waals surface area contributed by atoms with Crippen LogP contribution in [-0.2, 0) is 20.8 Å².